The fourth-order valence-electron chi connectivity index (χ4n) is 5.82. The van der Waals surface area contributed by atoms with E-state index in [2.05, 4.69) is 15.3 Å². The van der Waals surface area contributed by atoms with Gasteiger partial charge in [-0.25, -0.2) is 4.39 Å². The molecule has 0 bridgehead atoms. The van der Waals surface area contributed by atoms with Gasteiger partial charge >= 0.3 is 0 Å². The monoisotopic (exact) mass is 419 g/mol. The van der Waals surface area contributed by atoms with E-state index in [1.807, 2.05) is 19.1 Å². The SMILES string of the molecule is CC1=CC(NC(=O)C(C2CC2)C2[C@H]3CC(Oc4ccnc5ccc(F)cc45)C[C@@H]23)=NC1. The van der Waals surface area contributed by atoms with Crippen LogP contribution in [-0.2, 0) is 4.79 Å². The van der Waals surface area contributed by atoms with Crippen LogP contribution >= 0.6 is 0 Å². The van der Waals surface area contributed by atoms with E-state index < -0.39 is 0 Å². The topological polar surface area (TPSA) is 63.6 Å². The van der Waals surface area contributed by atoms with E-state index in [1.54, 1.807) is 12.3 Å². The van der Waals surface area contributed by atoms with Gasteiger partial charge in [0.15, 0.2) is 0 Å². The third-order valence-electron chi connectivity index (χ3n) is 7.41. The minimum Gasteiger partial charge on any atom is -0.490 e. The van der Waals surface area contributed by atoms with E-state index in [0.29, 0.717) is 36.0 Å². The van der Waals surface area contributed by atoms with Gasteiger partial charge in [-0.1, -0.05) is 0 Å². The highest BCUT2D eigenvalue weighted by molar-refractivity contribution is 6.06. The standard InChI is InChI=1S/C25H26FN3O2/c1-13-8-22(28-12-13)29-25(30)23(14-2-3-14)24-17-10-16(11-18(17)24)31-21-6-7-27-20-5-4-15(26)9-19(20)21/h4-9,14,16-18,23-24H,2-3,10-12H2,1H3,(H,28,29,30)/t16?,17-,18+,23?,24?. The number of amidine groups is 1. The van der Waals surface area contributed by atoms with Gasteiger partial charge in [-0.15, -0.1) is 0 Å². The molecule has 1 aromatic heterocycles. The number of nitrogens with one attached hydrogen (secondary N) is 1. The molecule has 0 saturated heterocycles. The molecule has 1 N–H and O–H groups in total. The summed E-state index contributed by atoms with van der Waals surface area (Å²) in [4.78, 5) is 21.8. The van der Waals surface area contributed by atoms with Crippen LogP contribution in [-0.4, -0.2) is 29.4 Å². The highest BCUT2D eigenvalue weighted by Crippen LogP contribution is 2.64. The minimum absolute atomic E-state index is 0.101. The van der Waals surface area contributed by atoms with E-state index in [9.17, 15) is 9.18 Å². The Kier molecular flexibility index (Phi) is 4.37. The Morgan fingerprint density at radius 3 is 2.74 bits per heavy atom. The molecule has 6 rings (SSSR count). The molecule has 2 aromatic rings. The van der Waals surface area contributed by atoms with Crippen LogP contribution in [0.15, 0.2) is 47.1 Å². The summed E-state index contributed by atoms with van der Waals surface area (Å²) < 4.78 is 20.0. The number of pyridine rings is 1. The van der Waals surface area contributed by atoms with Crippen LogP contribution in [0.3, 0.4) is 0 Å². The number of amides is 1. The Morgan fingerprint density at radius 1 is 1.23 bits per heavy atom. The van der Waals surface area contributed by atoms with Crippen molar-refractivity contribution in [2.45, 2.75) is 38.7 Å². The van der Waals surface area contributed by atoms with Gasteiger partial charge in [-0.05, 0) is 92.2 Å². The van der Waals surface area contributed by atoms with Crippen molar-refractivity contribution < 1.29 is 13.9 Å². The number of carbonyl (C=O) groups is 1. The summed E-state index contributed by atoms with van der Waals surface area (Å²) in [7, 11) is 0. The molecule has 3 fully saturated rings. The first-order chi connectivity index (χ1) is 15.1. The van der Waals surface area contributed by atoms with Crippen molar-refractivity contribution in [2.24, 2.45) is 34.6 Å². The number of aliphatic imine (C=N–C) groups is 1. The molecule has 4 aliphatic rings. The number of hydrogen-bond donors (Lipinski definition) is 1. The van der Waals surface area contributed by atoms with E-state index >= 15 is 0 Å². The molecule has 1 aliphatic heterocycles. The van der Waals surface area contributed by atoms with Gasteiger partial charge < -0.3 is 10.1 Å². The molecule has 6 heteroatoms. The zero-order chi connectivity index (χ0) is 21.1. The van der Waals surface area contributed by atoms with Crippen LogP contribution in [0.1, 0.15) is 32.6 Å². The van der Waals surface area contributed by atoms with Gasteiger partial charge in [-0.3, -0.25) is 14.8 Å². The average Bonchev–Trinajstić information content (AvgIpc) is 3.60. The Labute approximate surface area is 180 Å². The first kappa shape index (κ1) is 19.0. The van der Waals surface area contributed by atoms with E-state index in [4.69, 9.17) is 4.74 Å². The molecule has 3 aliphatic carbocycles. The minimum atomic E-state index is -0.283. The lowest BCUT2D eigenvalue weighted by molar-refractivity contribution is -0.125. The fourth-order valence-corrected chi connectivity index (χ4v) is 5.82. The highest BCUT2D eigenvalue weighted by Gasteiger charge is 2.63. The summed E-state index contributed by atoms with van der Waals surface area (Å²) in [6, 6.07) is 6.42. The number of benzene rings is 1. The van der Waals surface area contributed by atoms with Crippen LogP contribution in [0.2, 0.25) is 0 Å². The average molecular weight is 420 g/mol. The van der Waals surface area contributed by atoms with Crippen molar-refractivity contribution in [3.63, 3.8) is 0 Å². The molecule has 5 atom stereocenters. The number of aromatic nitrogens is 1. The molecule has 0 spiro atoms. The predicted octanol–water partition coefficient (Wildman–Crippen LogP) is 4.28. The number of hydrogen-bond acceptors (Lipinski definition) is 4. The van der Waals surface area contributed by atoms with Crippen molar-refractivity contribution in [3.05, 3.63) is 47.9 Å². The Morgan fingerprint density at radius 2 is 2.03 bits per heavy atom. The summed E-state index contributed by atoms with van der Waals surface area (Å²) in [5.41, 5.74) is 1.93. The molecule has 5 nitrogen and oxygen atoms in total. The summed E-state index contributed by atoms with van der Waals surface area (Å²) in [6.07, 6.45) is 8.04. The van der Waals surface area contributed by atoms with Gasteiger partial charge in [0.05, 0.1) is 18.2 Å². The molecular formula is C25H26FN3O2. The van der Waals surface area contributed by atoms with Crippen LogP contribution in [0, 0.1) is 35.4 Å². The molecule has 31 heavy (non-hydrogen) atoms. The van der Waals surface area contributed by atoms with Crippen LogP contribution in [0.5, 0.6) is 5.75 Å². The summed E-state index contributed by atoms with van der Waals surface area (Å²) in [6.45, 7) is 2.72. The van der Waals surface area contributed by atoms with Crippen molar-refractivity contribution in [1.82, 2.24) is 10.3 Å². The molecule has 3 unspecified atom stereocenters. The predicted molar refractivity (Wildman–Crippen MR) is 116 cm³/mol. The maximum absolute atomic E-state index is 13.7. The normalized spacial score (nSPS) is 29.9. The summed E-state index contributed by atoms with van der Waals surface area (Å²) >= 11 is 0. The third-order valence-corrected chi connectivity index (χ3v) is 7.41. The highest BCUT2D eigenvalue weighted by atomic mass is 19.1. The van der Waals surface area contributed by atoms with Gasteiger partial charge in [0.1, 0.15) is 17.4 Å². The summed E-state index contributed by atoms with van der Waals surface area (Å²) in [5.74, 6) is 3.48. The van der Waals surface area contributed by atoms with Crippen molar-refractivity contribution in [1.29, 1.82) is 0 Å². The van der Waals surface area contributed by atoms with Crippen molar-refractivity contribution in [2.75, 3.05) is 6.54 Å². The van der Waals surface area contributed by atoms with Gasteiger partial charge in [-0.2, -0.15) is 0 Å². The Bertz CT molecular complexity index is 1110. The number of ether oxygens (including phenoxy) is 1. The number of halogens is 1. The van der Waals surface area contributed by atoms with Gasteiger partial charge in [0.25, 0.3) is 0 Å². The van der Waals surface area contributed by atoms with Crippen LogP contribution in [0.4, 0.5) is 4.39 Å². The fraction of sp³-hybridized carbons (Fsp3) is 0.480. The lowest BCUT2D eigenvalue weighted by atomic mass is 9.91. The van der Waals surface area contributed by atoms with E-state index in [1.165, 1.54) is 17.7 Å². The molecule has 160 valence electrons. The molecular weight excluding hydrogens is 393 g/mol. The Hall–Kier alpha value is -2.76. The maximum Gasteiger partial charge on any atom is 0.229 e. The van der Waals surface area contributed by atoms with Crippen LogP contribution < -0.4 is 10.1 Å². The molecule has 3 saturated carbocycles. The second-order valence-corrected chi connectivity index (χ2v) is 9.63. The van der Waals surface area contributed by atoms with Crippen molar-refractivity contribution >= 4 is 22.6 Å². The molecule has 1 aromatic carbocycles. The number of nitrogens with zero attached hydrogens (tertiary/aromatic N) is 2. The third kappa shape index (κ3) is 3.52. The van der Waals surface area contributed by atoms with E-state index in [-0.39, 0.29) is 23.7 Å². The maximum atomic E-state index is 13.7. The first-order valence-electron chi connectivity index (χ1n) is 11.3. The Balaban J connectivity index is 1.12. The van der Waals surface area contributed by atoms with Gasteiger partial charge in [0.2, 0.25) is 5.91 Å². The van der Waals surface area contributed by atoms with Gasteiger partial charge in [0, 0.05) is 17.5 Å². The van der Waals surface area contributed by atoms with E-state index in [0.717, 1.165) is 42.4 Å². The quantitative estimate of drug-likeness (QED) is 0.787. The number of rotatable bonds is 5. The summed E-state index contributed by atoms with van der Waals surface area (Å²) in [5, 5.41) is 3.80. The second kappa shape index (κ2) is 7.14. The molecule has 2 heterocycles. The largest absolute Gasteiger partial charge is 0.490 e. The van der Waals surface area contributed by atoms with Crippen molar-refractivity contribution in [3.8, 4) is 5.75 Å². The zero-order valence-electron chi connectivity index (χ0n) is 17.6. The lowest BCUT2D eigenvalue weighted by Gasteiger charge is -2.22. The lowest BCUT2D eigenvalue weighted by Crippen LogP contribution is -2.37. The first-order valence-corrected chi connectivity index (χ1v) is 11.3. The zero-order valence-corrected chi connectivity index (χ0v) is 17.6. The number of fused-ring (bicyclic) bond motifs is 2. The number of carbonyl (C=O) groups excluding carboxylic acids is 1. The second-order valence-electron chi connectivity index (χ2n) is 9.63. The van der Waals surface area contributed by atoms with Crippen LogP contribution in [0.25, 0.3) is 10.9 Å². The smallest absolute Gasteiger partial charge is 0.229 e. The molecule has 1 amide bonds. The molecule has 0 radical (unpaired) electrons.